The van der Waals surface area contributed by atoms with Gasteiger partial charge >= 0.3 is 0 Å². The Bertz CT molecular complexity index is 331. The van der Waals surface area contributed by atoms with Gasteiger partial charge in [0.15, 0.2) is 0 Å². The minimum Gasteiger partial charge on any atom is -0.490 e. The van der Waals surface area contributed by atoms with Crippen LogP contribution >= 0.6 is 0 Å². The van der Waals surface area contributed by atoms with Gasteiger partial charge in [-0.05, 0) is 31.5 Å². The van der Waals surface area contributed by atoms with Gasteiger partial charge in [-0.1, -0.05) is 0 Å². The first-order valence-electron chi connectivity index (χ1n) is 6.01. The molecule has 17 heavy (non-hydrogen) atoms. The molecule has 0 radical (unpaired) electrons. The molecule has 2 rings (SSSR count). The lowest BCUT2D eigenvalue weighted by atomic mass is 10.1. The number of pyridine rings is 1. The Morgan fingerprint density at radius 1 is 1.47 bits per heavy atom. The van der Waals surface area contributed by atoms with Crippen LogP contribution in [0.5, 0.6) is 5.75 Å². The van der Waals surface area contributed by atoms with E-state index in [4.69, 9.17) is 9.47 Å². The summed E-state index contributed by atoms with van der Waals surface area (Å²) < 4.78 is 10.9. The fraction of sp³-hybridized carbons (Fsp3) is 0.615. The van der Waals surface area contributed by atoms with Crippen LogP contribution in [-0.2, 0) is 4.74 Å². The molecule has 0 N–H and O–H groups in total. The minimum absolute atomic E-state index is 0.482. The second-order valence-electron chi connectivity index (χ2n) is 4.65. The molecule has 1 fully saturated rings. The van der Waals surface area contributed by atoms with Crippen LogP contribution in [-0.4, -0.2) is 49.8 Å². The maximum Gasteiger partial charge on any atom is 0.137 e. The molecule has 1 aromatic heterocycles. The average Bonchev–Trinajstić information content (AvgIpc) is 2.69. The summed E-state index contributed by atoms with van der Waals surface area (Å²) >= 11 is 0. The molecule has 0 aliphatic carbocycles. The Balaban J connectivity index is 1.80. The third kappa shape index (κ3) is 3.41. The van der Waals surface area contributed by atoms with E-state index in [2.05, 4.69) is 16.9 Å². The first kappa shape index (κ1) is 12.3. The number of likely N-dealkylation sites (tertiary alicyclic amines) is 1. The lowest BCUT2D eigenvalue weighted by Crippen LogP contribution is -2.30. The summed E-state index contributed by atoms with van der Waals surface area (Å²) in [6, 6.07) is 4.31. The SMILES string of the molecule is COCC1C[C@@H](COc2cccnc2)N(C)C1. The molecule has 2 heterocycles. The van der Waals surface area contributed by atoms with Crippen LogP contribution < -0.4 is 4.74 Å². The molecule has 94 valence electrons. The van der Waals surface area contributed by atoms with Crippen molar-refractivity contribution in [3.8, 4) is 5.75 Å². The molecular formula is C13H20N2O2. The Kier molecular flexibility index (Phi) is 4.34. The number of nitrogens with zero attached hydrogens (tertiary/aromatic N) is 2. The molecule has 1 saturated heterocycles. The molecule has 0 spiro atoms. The lowest BCUT2D eigenvalue weighted by Gasteiger charge is -2.19. The molecule has 4 nitrogen and oxygen atoms in total. The van der Waals surface area contributed by atoms with Gasteiger partial charge < -0.3 is 9.47 Å². The molecule has 0 aromatic carbocycles. The molecular weight excluding hydrogens is 216 g/mol. The van der Waals surface area contributed by atoms with Crippen LogP contribution in [0.1, 0.15) is 6.42 Å². The van der Waals surface area contributed by atoms with Gasteiger partial charge in [-0.15, -0.1) is 0 Å². The summed E-state index contributed by atoms with van der Waals surface area (Å²) in [5.41, 5.74) is 0. The first-order valence-corrected chi connectivity index (χ1v) is 6.01. The van der Waals surface area contributed by atoms with Gasteiger partial charge in [-0.3, -0.25) is 9.88 Å². The van der Waals surface area contributed by atoms with Gasteiger partial charge in [0, 0.05) is 25.9 Å². The summed E-state index contributed by atoms with van der Waals surface area (Å²) in [5.74, 6) is 1.48. The van der Waals surface area contributed by atoms with Crippen molar-refractivity contribution in [2.45, 2.75) is 12.5 Å². The average molecular weight is 236 g/mol. The van der Waals surface area contributed by atoms with Crippen LogP contribution in [0.25, 0.3) is 0 Å². The molecule has 1 aromatic rings. The second-order valence-corrected chi connectivity index (χ2v) is 4.65. The third-order valence-corrected chi connectivity index (χ3v) is 3.25. The van der Waals surface area contributed by atoms with E-state index < -0.39 is 0 Å². The maximum atomic E-state index is 5.74. The standard InChI is InChI=1S/C13H20N2O2/c1-15-8-11(9-16-2)6-12(15)10-17-13-4-3-5-14-7-13/h3-5,7,11-12H,6,8-10H2,1-2H3/t11?,12-/m0/s1. The predicted octanol–water partition coefficient (Wildman–Crippen LogP) is 1.43. The van der Waals surface area contributed by atoms with Gasteiger partial charge in [0.25, 0.3) is 0 Å². The maximum absolute atomic E-state index is 5.74. The second kappa shape index (κ2) is 5.98. The Morgan fingerprint density at radius 3 is 3.06 bits per heavy atom. The van der Waals surface area contributed by atoms with Crippen LogP contribution in [0, 0.1) is 5.92 Å². The third-order valence-electron chi connectivity index (χ3n) is 3.25. The van der Waals surface area contributed by atoms with E-state index in [9.17, 15) is 0 Å². The zero-order chi connectivity index (χ0) is 12.1. The van der Waals surface area contributed by atoms with Crippen molar-refractivity contribution in [2.75, 3.05) is 33.9 Å². The highest BCUT2D eigenvalue weighted by Crippen LogP contribution is 2.22. The van der Waals surface area contributed by atoms with Crippen molar-refractivity contribution >= 4 is 0 Å². The van der Waals surface area contributed by atoms with Gasteiger partial charge in [0.05, 0.1) is 12.8 Å². The van der Waals surface area contributed by atoms with Crippen molar-refractivity contribution in [2.24, 2.45) is 5.92 Å². The summed E-state index contributed by atoms with van der Waals surface area (Å²) in [6.07, 6.45) is 4.65. The smallest absolute Gasteiger partial charge is 0.137 e. The highest BCUT2D eigenvalue weighted by atomic mass is 16.5. The zero-order valence-electron chi connectivity index (χ0n) is 10.5. The van der Waals surface area contributed by atoms with E-state index in [0.29, 0.717) is 12.0 Å². The van der Waals surface area contributed by atoms with Crippen molar-refractivity contribution in [1.82, 2.24) is 9.88 Å². The molecule has 4 heteroatoms. The van der Waals surface area contributed by atoms with Gasteiger partial charge in [-0.2, -0.15) is 0 Å². The number of hydrogen-bond donors (Lipinski definition) is 0. The zero-order valence-corrected chi connectivity index (χ0v) is 10.5. The quantitative estimate of drug-likeness (QED) is 0.774. The van der Waals surface area contributed by atoms with Crippen LogP contribution in [0.4, 0.5) is 0 Å². The van der Waals surface area contributed by atoms with Crippen molar-refractivity contribution in [3.63, 3.8) is 0 Å². The van der Waals surface area contributed by atoms with E-state index in [1.165, 1.54) is 0 Å². The number of ether oxygens (including phenoxy) is 2. The minimum atomic E-state index is 0.482. The molecule has 1 aliphatic heterocycles. The summed E-state index contributed by atoms with van der Waals surface area (Å²) in [7, 11) is 3.91. The van der Waals surface area contributed by atoms with E-state index >= 15 is 0 Å². The van der Waals surface area contributed by atoms with Crippen molar-refractivity contribution < 1.29 is 9.47 Å². The normalized spacial score (nSPS) is 25.1. The van der Waals surface area contributed by atoms with Gasteiger partial charge in [-0.25, -0.2) is 0 Å². The first-order chi connectivity index (χ1) is 8.29. The monoisotopic (exact) mass is 236 g/mol. The van der Waals surface area contributed by atoms with Crippen LogP contribution in [0.3, 0.4) is 0 Å². The predicted molar refractivity (Wildman–Crippen MR) is 66.1 cm³/mol. The summed E-state index contributed by atoms with van der Waals surface area (Å²) in [4.78, 5) is 6.38. The molecule has 2 atom stereocenters. The molecule has 0 bridgehead atoms. The molecule has 1 aliphatic rings. The Morgan fingerprint density at radius 2 is 2.35 bits per heavy atom. The fourth-order valence-corrected chi connectivity index (χ4v) is 2.37. The van der Waals surface area contributed by atoms with Gasteiger partial charge in [0.1, 0.15) is 12.4 Å². The van der Waals surface area contributed by atoms with E-state index in [-0.39, 0.29) is 0 Å². The number of hydrogen-bond acceptors (Lipinski definition) is 4. The Hall–Kier alpha value is -1.13. The highest BCUT2D eigenvalue weighted by molar-refractivity contribution is 5.15. The van der Waals surface area contributed by atoms with Crippen LogP contribution in [0.2, 0.25) is 0 Å². The van der Waals surface area contributed by atoms with Gasteiger partial charge in [0.2, 0.25) is 0 Å². The Labute approximate surface area is 103 Å². The van der Waals surface area contributed by atoms with E-state index in [1.54, 1.807) is 19.5 Å². The topological polar surface area (TPSA) is 34.6 Å². The van der Waals surface area contributed by atoms with Crippen LogP contribution in [0.15, 0.2) is 24.5 Å². The van der Waals surface area contributed by atoms with Crippen molar-refractivity contribution in [1.29, 1.82) is 0 Å². The molecule has 0 amide bonds. The lowest BCUT2D eigenvalue weighted by molar-refractivity contribution is 0.155. The largest absolute Gasteiger partial charge is 0.490 e. The number of rotatable bonds is 5. The fourth-order valence-electron chi connectivity index (χ4n) is 2.37. The van der Waals surface area contributed by atoms with Crippen molar-refractivity contribution in [3.05, 3.63) is 24.5 Å². The molecule has 1 unspecified atom stereocenters. The number of aromatic nitrogens is 1. The summed E-state index contributed by atoms with van der Waals surface area (Å²) in [5, 5.41) is 0. The summed E-state index contributed by atoms with van der Waals surface area (Å²) in [6.45, 7) is 2.66. The number of methoxy groups -OCH3 is 1. The van der Waals surface area contributed by atoms with E-state index in [1.807, 2.05) is 12.1 Å². The molecule has 0 saturated carbocycles. The number of likely N-dealkylation sites (N-methyl/N-ethyl adjacent to an activating group) is 1. The highest BCUT2D eigenvalue weighted by Gasteiger charge is 2.29. The van der Waals surface area contributed by atoms with E-state index in [0.717, 1.165) is 31.9 Å².